The summed E-state index contributed by atoms with van der Waals surface area (Å²) in [4.78, 5) is 0. The molecule has 15 heavy (non-hydrogen) atoms. The number of para-hydroxylation sites is 1. The molecule has 74 valence electrons. The second-order valence-corrected chi connectivity index (χ2v) is 2.89. The summed E-state index contributed by atoms with van der Waals surface area (Å²) in [5.41, 5.74) is 1.21. The Morgan fingerprint density at radius 1 is 1.33 bits per heavy atom. The lowest BCUT2D eigenvalue weighted by Gasteiger charge is -2.04. The van der Waals surface area contributed by atoms with Crippen molar-refractivity contribution in [3.05, 3.63) is 47.9 Å². The summed E-state index contributed by atoms with van der Waals surface area (Å²) in [6, 6.07) is 10.8. The highest BCUT2D eigenvalue weighted by Gasteiger charge is 2.03. The second-order valence-electron chi connectivity index (χ2n) is 2.89. The number of aromatic nitrogens is 1. The largest absolute Gasteiger partial charge is 0.486 e. The van der Waals surface area contributed by atoms with Gasteiger partial charge in [0.1, 0.15) is 30.4 Å². The number of nitriles is 1. The molecule has 0 amide bonds. The second kappa shape index (κ2) is 4.29. The van der Waals surface area contributed by atoms with Crippen LogP contribution < -0.4 is 4.74 Å². The van der Waals surface area contributed by atoms with Crippen LogP contribution >= 0.6 is 0 Å². The van der Waals surface area contributed by atoms with Crippen LogP contribution in [0.1, 0.15) is 11.3 Å². The van der Waals surface area contributed by atoms with Crippen molar-refractivity contribution in [3.63, 3.8) is 0 Å². The number of ether oxygens (including phenoxy) is 1. The van der Waals surface area contributed by atoms with E-state index in [1.807, 2.05) is 6.07 Å². The van der Waals surface area contributed by atoms with Gasteiger partial charge in [-0.2, -0.15) is 5.26 Å². The molecule has 1 heterocycles. The number of nitrogens with zero attached hydrogens (tertiary/aromatic N) is 2. The summed E-state index contributed by atoms with van der Waals surface area (Å²) in [5, 5.41) is 12.5. The minimum atomic E-state index is 0.301. The zero-order valence-corrected chi connectivity index (χ0v) is 7.88. The predicted molar refractivity (Wildman–Crippen MR) is 52.0 cm³/mol. The van der Waals surface area contributed by atoms with Gasteiger partial charge in [-0.15, -0.1) is 0 Å². The van der Waals surface area contributed by atoms with Gasteiger partial charge in [0.15, 0.2) is 0 Å². The van der Waals surface area contributed by atoms with Crippen molar-refractivity contribution in [2.45, 2.75) is 6.61 Å². The van der Waals surface area contributed by atoms with Gasteiger partial charge in [0.05, 0.1) is 5.56 Å². The Morgan fingerprint density at radius 2 is 2.20 bits per heavy atom. The molecule has 0 unspecified atom stereocenters. The highest BCUT2D eigenvalue weighted by atomic mass is 16.5. The fourth-order valence-electron chi connectivity index (χ4n) is 1.15. The molecule has 1 aromatic heterocycles. The maximum atomic E-state index is 8.81. The van der Waals surface area contributed by atoms with Crippen molar-refractivity contribution in [3.8, 4) is 11.8 Å². The molecule has 4 nitrogen and oxygen atoms in total. The number of hydrogen-bond donors (Lipinski definition) is 0. The van der Waals surface area contributed by atoms with Gasteiger partial charge in [-0.05, 0) is 12.1 Å². The van der Waals surface area contributed by atoms with E-state index in [0.29, 0.717) is 23.6 Å². The highest BCUT2D eigenvalue weighted by Crippen LogP contribution is 2.17. The van der Waals surface area contributed by atoms with E-state index in [0.717, 1.165) is 0 Å². The molecule has 0 saturated carbocycles. The summed E-state index contributed by atoms with van der Waals surface area (Å²) in [6.07, 6.45) is 1.48. The Morgan fingerprint density at radius 3 is 2.93 bits per heavy atom. The van der Waals surface area contributed by atoms with Crippen LogP contribution in [0.15, 0.2) is 41.1 Å². The van der Waals surface area contributed by atoms with E-state index in [-0.39, 0.29) is 0 Å². The lowest BCUT2D eigenvalue weighted by molar-refractivity contribution is 0.288. The third kappa shape index (κ3) is 2.15. The quantitative estimate of drug-likeness (QED) is 0.761. The summed E-state index contributed by atoms with van der Waals surface area (Å²) in [7, 11) is 0. The third-order valence-corrected chi connectivity index (χ3v) is 1.87. The van der Waals surface area contributed by atoms with Crippen molar-refractivity contribution in [1.82, 2.24) is 5.16 Å². The third-order valence-electron chi connectivity index (χ3n) is 1.87. The number of benzene rings is 1. The van der Waals surface area contributed by atoms with Crippen molar-refractivity contribution >= 4 is 0 Å². The van der Waals surface area contributed by atoms with E-state index in [4.69, 9.17) is 10.00 Å². The molecule has 0 aliphatic heterocycles. The molecule has 0 N–H and O–H groups in total. The first-order valence-electron chi connectivity index (χ1n) is 4.41. The van der Waals surface area contributed by atoms with Crippen LogP contribution in [-0.4, -0.2) is 5.16 Å². The normalized spacial score (nSPS) is 9.53. The molecule has 0 spiro atoms. The fraction of sp³-hybridized carbons (Fsp3) is 0.0909. The van der Waals surface area contributed by atoms with Crippen LogP contribution in [0.25, 0.3) is 0 Å². The summed E-state index contributed by atoms with van der Waals surface area (Å²) in [6.45, 7) is 0.301. The van der Waals surface area contributed by atoms with Crippen LogP contribution in [0.3, 0.4) is 0 Å². The van der Waals surface area contributed by atoms with Gasteiger partial charge in [0.2, 0.25) is 0 Å². The average molecular weight is 200 g/mol. The van der Waals surface area contributed by atoms with E-state index in [9.17, 15) is 0 Å². The number of rotatable bonds is 3. The highest BCUT2D eigenvalue weighted by molar-refractivity contribution is 5.42. The summed E-state index contributed by atoms with van der Waals surface area (Å²) >= 11 is 0. The topological polar surface area (TPSA) is 59.0 Å². The average Bonchev–Trinajstić information content (AvgIpc) is 2.79. The zero-order chi connectivity index (χ0) is 10.5. The molecular weight excluding hydrogens is 192 g/mol. The van der Waals surface area contributed by atoms with Gasteiger partial charge in [0.25, 0.3) is 0 Å². The first-order chi connectivity index (χ1) is 7.40. The van der Waals surface area contributed by atoms with Crippen molar-refractivity contribution in [2.75, 3.05) is 0 Å². The molecule has 0 fully saturated rings. The maximum absolute atomic E-state index is 8.81. The van der Waals surface area contributed by atoms with E-state index >= 15 is 0 Å². The molecular formula is C11H8N2O2. The van der Waals surface area contributed by atoms with Gasteiger partial charge in [-0.25, -0.2) is 0 Å². The molecule has 2 aromatic rings. The van der Waals surface area contributed by atoms with E-state index in [1.165, 1.54) is 6.26 Å². The summed E-state index contributed by atoms with van der Waals surface area (Å²) < 4.78 is 10.1. The Bertz CT molecular complexity index is 472. The minimum Gasteiger partial charge on any atom is -0.486 e. The van der Waals surface area contributed by atoms with E-state index in [1.54, 1.807) is 24.3 Å². The Hall–Kier alpha value is -2.28. The van der Waals surface area contributed by atoms with Crippen molar-refractivity contribution in [2.24, 2.45) is 0 Å². The first kappa shape index (κ1) is 9.28. The molecule has 0 aliphatic rings. The van der Waals surface area contributed by atoms with Gasteiger partial charge < -0.3 is 9.26 Å². The van der Waals surface area contributed by atoms with Crippen LogP contribution in [0.5, 0.6) is 5.75 Å². The maximum Gasteiger partial charge on any atom is 0.137 e. The van der Waals surface area contributed by atoms with Gasteiger partial charge in [-0.1, -0.05) is 17.3 Å². The summed E-state index contributed by atoms with van der Waals surface area (Å²) in [5.74, 6) is 0.558. The molecule has 0 atom stereocenters. The lowest BCUT2D eigenvalue weighted by atomic mass is 10.2. The van der Waals surface area contributed by atoms with Crippen LogP contribution in [0, 0.1) is 11.3 Å². The van der Waals surface area contributed by atoms with Crippen molar-refractivity contribution in [1.29, 1.82) is 5.26 Å². The Labute approximate surface area is 86.7 Å². The van der Waals surface area contributed by atoms with Gasteiger partial charge >= 0.3 is 0 Å². The molecule has 0 saturated heterocycles. The molecule has 0 radical (unpaired) electrons. The monoisotopic (exact) mass is 200 g/mol. The van der Waals surface area contributed by atoms with Crippen LogP contribution in [0.2, 0.25) is 0 Å². The molecule has 4 heteroatoms. The molecule has 2 rings (SSSR count). The standard InChI is InChI=1S/C11H8N2O2/c12-7-9-3-1-2-4-11(9)14-8-10-5-6-15-13-10/h1-6H,8H2. The Kier molecular flexibility index (Phi) is 2.65. The van der Waals surface area contributed by atoms with Gasteiger partial charge in [-0.3, -0.25) is 0 Å². The van der Waals surface area contributed by atoms with E-state index in [2.05, 4.69) is 15.7 Å². The Balaban J connectivity index is 2.08. The van der Waals surface area contributed by atoms with E-state index < -0.39 is 0 Å². The molecule has 1 aromatic carbocycles. The lowest BCUT2D eigenvalue weighted by Crippen LogP contribution is -1.96. The SMILES string of the molecule is N#Cc1ccccc1OCc1ccon1. The zero-order valence-electron chi connectivity index (χ0n) is 7.88. The molecule has 0 bridgehead atoms. The molecule has 0 aliphatic carbocycles. The minimum absolute atomic E-state index is 0.301. The van der Waals surface area contributed by atoms with Crippen molar-refractivity contribution < 1.29 is 9.26 Å². The smallest absolute Gasteiger partial charge is 0.137 e. The number of hydrogen-bond acceptors (Lipinski definition) is 4. The fourth-order valence-corrected chi connectivity index (χ4v) is 1.15. The van der Waals surface area contributed by atoms with Crippen LogP contribution in [0.4, 0.5) is 0 Å². The predicted octanol–water partition coefficient (Wildman–Crippen LogP) is 2.13. The first-order valence-corrected chi connectivity index (χ1v) is 4.41. The van der Waals surface area contributed by atoms with Gasteiger partial charge in [0, 0.05) is 6.07 Å². The van der Waals surface area contributed by atoms with Crippen LogP contribution in [-0.2, 0) is 6.61 Å².